The summed E-state index contributed by atoms with van der Waals surface area (Å²) in [6, 6.07) is 7.47. The summed E-state index contributed by atoms with van der Waals surface area (Å²) in [5.74, 6) is 0.117. The van der Waals surface area contributed by atoms with Crippen molar-refractivity contribution in [3.63, 3.8) is 0 Å². The molecule has 0 aliphatic heterocycles. The SMILES string of the molecule is Cc1cc(NC(=O)[C@H](N)Cc2ccc(O)cc2)on1. The number of hydrogen-bond acceptors (Lipinski definition) is 5. The van der Waals surface area contributed by atoms with E-state index in [-0.39, 0.29) is 17.5 Å². The molecule has 0 unspecified atom stereocenters. The van der Waals surface area contributed by atoms with E-state index in [1.165, 1.54) is 0 Å². The Morgan fingerprint density at radius 3 is 2.74 bits per heavy atom. The number of nitrogens with two attached hydrogens (primary N) is 1. The highest BCUT2D eigenvalue weighted by Gasteiger charge is 2.16. The van der Waals surface area contributed by atoms with Gasteiger partial charge in [-0.2, -0.15) is 0 Å². The van der Waals surface area contributed by atoms with E-state index in [1.807, 2.05) is 0 Å². The van der Waals surface area contributed by atoms with Gasteiger partial charge in [-0.05, 0) is 31.0 Å². The Bertz CT molecular complexity index is 563. The van der Waals surface area contributed by atoms with Crippen molar-refractivity contribution in [1.82, 2.24) is 5.16 Å². The first-order chi connectivity index (χ1) is 9.04. The molecule has 1 amide bonds. The summed E-state index contributed by atoms with van der Waals surface area (Å²) in [5, 5.41) is 15.4. The summed E-state index contributed by atoms with van der Waals surface area (Å²) >= 11 is 0. The van der Waals surface area contributed by atoms with Crippen molar-refractivity contribution in [3.05, 3.63) is 41.6 Å². The van der Waals surface area contributed by atoms with Gasteiger partial charge < -0.3 is 15.4 Å². The number of aromatic hydroxyl groups is 1. The summed E-state index contributed by atoms with van der Waals surface area (Å²) < 4.78 is 4.88. The summed E-state index contributed by atoms with van der Waals surface area (Å²) in [6.45, 7) is 1.76. The van der Waals surface area contributed by atoms with Gasteiger partial charge in [-0.15, -0.1) is 0 Å². The van der Waals surface area contributed by atoms with Crippen LogP contribution in [0, 0.1) is 6.92 Å². The predicted molar refractivity (Wildman–Crippen MR) is 69.7 cm³/mol. The lowest BCUT2D eigenvalue weighted by atomic mass is 10.1. The van der Waals surface area contributed by atoms with Gasteiger partial charge >= 0.3 is 0 Å². The molecule has 2 aromatic rings. The van der Waals surface area contributed by atoms with E-state index in [2.05, 4.69) is 10.5 Å². The highest BCUT2D eigenvalue weighted by molar-refractivity contribution is 5.93. The van der Waals surface area contributed by atoms with Crippen molar-refractivity contribution in [3.8, 4) is 5.75 Å². The number of aryl methyl sites for hydroxylation is 1. The molecule has 0 aliphatic carbocycles. The molecular weight excluding hydrogens is 246 g/mol. The van der Waals surface area contributed by atoms with Crippen LogP contribution in [0.15, 0.2) is 34.9 Å². The fraction of sp³-hybridized carbons (Fsp3) is 0.231. The molecule has 0 bridgehead atoms. The smallest absolute Gasteiger partial charge is 0.244 e. The van der Waals surface area contributed by atoms with Crippen molar-refractivity contribution >= 4 is 11.8 Å². The molecule has 1 aromatic heterocycles. The van der Waals surface area contributed by atoms with Crippen LogP contribution in [0.3, 0.4) is 0 Å². The normalized spacial score (nSPS) is 12.1. The van der Waals surface area contributed by atoms with Gasteiger partial charge in [0.2, 0.25) is 11.8 Å². The lowest BCUT2D eigenvalue weighted by Gasteiger charge is -2.10. The molecular formula is C13H15N3O3. The van der Waals surface area contributed by atoms with Crippen LogP contribution in [0.1, 0.15) is 11.3 Å². The molecule has 0 fully saturated rings. The van der Waals surface area contributed by atoms with Crippen LogP contribution in [0.25, 0.3) is 0 Å². The standard InChI is InChI=1S/C13H15N3O3/c1-8-6-12(19-16-8)15-13(18)11(14)7-9-2-4-10(17)5-3-9/h2-6,11,17H,7,14H2,1H3,(H,15,18)/t11-/m1/s1. The number of phenols is 1. The third-order valence-electron chi connectivity index (χ3n) is 2.60. The molecule has 1 heterocycles. The van der Waals surface area contributed by atoms with E-state index < -0.39 is 6.04 Å². The second-order valence-electron chi connectivity index (χ2n) is 4.30. The number of hydrogen-bond donors (Lipinski definition) is 3. The first-order valence-electron chi connectivity index (χ1n) is 5.82. The minimum Gasteiger partial charge on any atom is -0.508 e. The van der Waals surface area contributed by atoms with Gasteiger partial charge in [-0.25, -0.2) is 0 Å². The molecule has 0 radical (unpaired) electrons. The average molecular weight is 261 g/mol. The number of carbonyl (C=O) groups is 1. The monoisotopic (exact) mass is 261 g/mol. The summed E-state index contributed by atoms with van der Waals surface area (Å²) in [5.41, 5.74) is 7.36. The van der Waals surface area contributed by atoms with Crippen LogP contribution in [-0.4, -0.2) is 22.2 Å². The highest BCUT2D eigenvalue weighted by Crippen LogP contribution is 2.12. The fourth-order valence-electron chi connectivity index (χ4n) is 1.62. The molecule has 0 saturated heterocycles. The number of carbonyl (C=O) groups excluding carboxylic acids is 1. The number of nitrogens with zero attached hydrogens (tertiary/aromatic N) is 1. The topological polar surface area (TPSA) is 101 Å². The molecule has 1 aromatic carbocycles. The van der Waals surface area contributed by atoms with Gasteiger partial charge in [-0.3, -0.25) is 10.1 Å². The molecule has 4 N–H and O–H groups in total. The molecule has 100 valence electrons. The van der Waals surface area contributed by atoms with Crippen molar-refractivity contribution in [1.29, 1.82) is 0 Å². The van der Waals surface area contributed by atoms with E-state index in [9.17, 15) is 4.79 Å². The zero-order valence-corrected chi connectivity index (χ0v) is 10.5. The maximum Gasteiger partial charge on any atom is 0.244 e. The Morgan fingerprint density at radius 1 is 1.47 bits per heavy atom. The van der Waals surface area contributed by atoms with Crippen molar-refractivity contribution in [2.45, 2.75) is 19.4 Å². The maximum absolute atomic E-state index is 11.8. The van der Waals surface area contributed by atoms with Crippen LogP contribution >= 0.6 is 0 Å². The molecule has 0 spiro atoms. The third-order valence-corrected chi connectivity index (χ3v) is 2.60. The number of amides is 1. The largest absolute Gasteiger partial charge is 0.508 e. The number of anilines is 1. The Balaban J connectivity index is 1.94. The first-order valence-corrected chi connectivity index (χ1v) is 5.82. The van der Waals surface area contributed by atoms with E-state index in [0.717, 1.165) is 5.56 Å². The third kappa shape index (κ3) is 3.56. The number of phenolic OH excluding ortho intramolecular Hbond substituents is 1. The molecule has 0 saturated carbocycles. The van der Waals surface area contributed by atoms with E-state index in [0.29, 0.717) is 12.1 Å². The molecule has 6 nitrogen and oxygen atoms in total. The van der Waals surface area contributed by atoms with Crippen molar-refractivity contribution < 1.29 is 14.4 Å². The van der Waals surface area contributed by atoms with Crippen molar-refractivity contribution in [2.75, 3.05) is 5.32 Å². The predicted octanol–water partition coefficient (Wildman–Crippen LogP) is 1.20. The van der Waals surface area contributed by atoms with E-state index >= 15 is 0 Å². The Morgan fingerprint density at radius 2 is 2.16 bits per heavy atom. The average Bonchev–Trinajstić information content (AvgIpc) is 2.77. The lowest BCUT2D eigenvalue weighted by molar-refractivity contribution is -0.117. The minimum absolute atomic E-state index is 0.180. The van der Waals surface area contributed by atoms with Gasteiger partial charge in [0.15, 0.2) is 0 Å². The summed E-state index contributed by atoms with van der Waals surface area (Å²) in [7, 11) is 0. The van der Waals surface area contributed by atoms with Gasteiger partial charge in [0.1, 0.15) is 5.75 Å². The van der Waals surface area contributed by atoms with Gasteiger partial charge in [0.05, 0.1) is 11.7 Å². The zero-order valence-electron chi connectivity index (χ0n) is 10.5. The molecule has 6 heteroatoms. The van der Waals surface area contributed by atoms with Gasteiger partial charge in [-0.1, -0.05) is 17.3 Å². The van der Waals surface area contributed by atoms with E-state index in [1.54, 1.807) is 37.3 Å². The Kier molecular flexibility index (Phi) is 3.82. The van der Waals surface area contributed by atoms with Crippen LogP contribution in [0.2, 0.25) is 0 Å². The fourth-order valence-corrected chi connectivity index (χ4v) is 1.62. The summed E-state index contributed by atoms with van der Waals surface area (Å²) in [4.78, 5) is 11.8. The van der Waals surface area contributed by atoms with Crippen LogP contribution < -0.4 is 11.1 Å². The Hall–Kier alpha value is -2.34. The molecule has 19 heavy (non-hydrogen) atoms. The highest BCUT2D eigenvalue weighted by atomic mass is 16.5. The zero-order chi connectivity index (χ0) is 13.8. The Labute approximate surface area is 110 Å². The second-order valence-corrected chi connectivity index (χ2v) is 4.30. The van der Waals surface area contributed by atoms with Crippen LogP contribution in [-0.2, 0) is 11.2 Å². The number of benzene rings is 1. The maximum atomic E-state index is 11.8. The van der Waals surface area contributed by atoms with Crippen molar-refractivity contribution in [2.24, 2.45) is 5.73 Å². The van der Waals surface area contributed by atoms with E-state index in [4.69, 9.17) is 15.4 Å². The second kappa shape index (κ2) is 5.53. The first kappa shape index (κ1) is 13.1. The van der Waals surface area contributed by atoms with Crippen LogP contribution in [0.5, 0.6) is 5.75 Å². The quantitative estimate of drug-likeness (QED) is 0.767. The number of aromatic nitrogens is 1. The molecule has 2 rings (SSSR count). The van der Waals surface area contributed by atoms with Gasteiger partial charge in [0, 0.05) is 6.07 Å². The molecule has 0 aliphatic rings. The number of rotatable bonds is 4. The number of nitrogens with one attached hydrogen (secondary N) is 1. The van der Waals surface area contributed by atoms with Gasteiger partial charge in [0.25, 0.3) is 0 Å². The minimum atomic E-state index is -0.699. The lowest BCUT2D eigenvalue weighted by Crippen LogP contribution is -2.37. The van der Waals surface area contributed by atoms with Crippen LogP contribution in [0.4, 0.5) is 5.88 Å². The molecule has 1 atom stereocenters. The summed E-state index contributed by atoms with van der Waals surface area (Å²) in [6.07, 6.45) is 0.374.